The second kappa shape index (κ2) is 11.0. The van der Waals surface area contributed by atoms with E-state index in [1.807, 2.05) is 0 Å². The van der Waals surface area contributed by atoms with Crippen LogP contribution in [0.1, 0.15) is 75.8 Å². The SMILES string of the molecule is C=Cc1cccc(C(=C)C(=O)OCC(CCCCC)C2CCCCC2)c1O. The van der Waals surface area contributed by atoms with Crippen LogP contribution in [-0.4, -0.2) is 17.7 Å². The summed E-state index contributed by atoms with van der Waals surface area (Å²) in [5.41, 5.74) is 1.20. The Morgan fingerprint density at radius 1 is 1.30 bits per heavy atom. The van der Waals surface area contributed by atoms with Crippen molar-refractivity contribution in [3.8, 4) is 5.75 Å². The van der Waals surface area contributed by atoms with E-state index in [4.69, 9.17) is 4.74 Å². The molecule has 0 aromatic heterocycles. The number of unbranched alkanes of at least 4 members (excludes halogenated alkanes) is 2. The van der Waals surface area contributed by atoms with Crippen LogP contribution in [0.3, 0.4) is 0 Å². The third-order valence-corrected chi connectivity index (χ3v) is 5.78. The Morgan fingerprint density at radius 2 is 2.04 bits per heavy atom. The lowest BCUT2D eigenvalue weighted by molar-refractivity contribution is -0.138. The number of benzene rings is 1. The van der Waals surface area contributed by atoms with Crippen LogP contribution in [0.25, 0.3) is 11.6 Å². The van der Waals surface area contributed by atoms with Crippen LogP contribution >= 0.6 is 0 Å². The molecule has 1 fully saturated rings. The zero-order valence-electron chi connectivity index (χ0n) is 16.7. The molecule has 148 valence electrons. The summed E-state index contributed by atoms with van der Waals surface area (Å²) in [5, 5.41) is 10.3. The molecule has 3 heteroatoms. The first kappa shape index (κ1) is 21.3. The molecule has 3 nitrogen and oxygen atoms in total. The number of phenolic OH excluding ortho intramolecular Hbond substituents is 1. The molecular weight excluding hydrogens is 336 g/mol. The van der Waals surface area contributed by atoms with Gasteiger partial charge >= 0.3 is 5.97 Å². The minimum absolute atomic E-state index is 0.0289. The van der Waals surface area contributed by atoms with Crippen LogP contribution in [-0.2, 0) is 9.53 Å². The quantitative estimate of drug-likeness (QED) is 0.296. The highest BCUT2D eigenvalue weighted by Gasteiger charge is 2.25. The van der Waals surface area contributed by atoms with Crippen molar-refractivity contribution < 1.29 is 14.6 Å². The summed E-state index contributed by atoms with van der Waals surface area (Å²) >= 11 is 0. The van der Waals surface area contributed by atoms with E-state index < -0.39 is 5.97 Å². The van der Waals surface area contributed by atoms with Gasteiger partial charge in [-0.15, -0.1) is 0 Å². The molecule has 1 aliphatic carbocycles. The van der Waals surface area contributed by atoms with Gasteiger partial charge in [0.1, 0.15) is 5.75 Å². The second-order valence-corrected chi connectivity index (χ2v) is 7.68. The van der Waals surface area contributed by atoms with Gasteiger partial charge in [0.2, 0.25) is 0 Å². The highest BCUT2D eigenvalue weighted by molar-refractivity contribution is 6.16. The molecule has 2 rings (SSSR count). The van der Waals surface area contributed by atoms with E-state index in [1.54, 1.807) is 24.3 Å². The van der Waals surface area contributed by atoms with Gasteiger partial charge in [-0.2, -0.15) is 0 Å². The normalized spacial score (nSPS) is 15.9. The Bertz CT molecular complexity index is 641. The third-order valence-electron chi connectivity index (χ3n) is 5.78. The van der Waals surface area contributed by atoms with Crippen molar-refractivity contribution in [3.05, 3.63) is 42.5 Å². The van der Waals surface area contributed by atoms with Crippen LogP contribution in [0.4, 0.5) is 0 Å². The average molecular weight is 371 g/mol. The molecule has 0 radical (unpaired) electrons. The monoisotopic (exact) mass is 370 g/mol. The van der Waals surface area contributed by atoms with Gasteiger partial charge in [-0.1, -0.05) is 95.7 Å². The van der Waals surface area contributed by atoms with Crippen molar-refractivity contribution in [1.29, 1.82) is 0 Å². The number of carbonyl (C=O) groups excluding carboxylic acids is 1. The Labute approximate surface area is 164 Å². The molecule has 0 saturated heterocycles. The lowest BCUT2D eigenvalue weighted by Gasteiger charge is -2.30. The van der Waals surface area contributed by atoms with Gasteiger partial charge in [-0.05, 0) is 18.3 Å². The topological polar surface area (TPSA) is 46.5 Å². The number of aromatic hydroxyl groups is 1. The Kier molecular flexibility index (Phi) is 8.63. The molecule has 0 heterocycles. The number of phenols is 1. The minimum atomic E-state index is -0.442. The van der Waals surface area contributed by atoms with Crippen molar-refractivity contribution >= 4 is 17.6 Å². The molecule has 1 saturated carbocycles. The minimum Gasteiger partial charge on any atom is -0.507 e. The maximum Gasteiger partial charge on any atom is 0.338 e. The molecule has 0 amide bonds. The number of hydrogen-bond acceptors (Lipinski definition) is 3. The first-order valence-electron chi connectivity index (χ1n) is 10.4. The molecule has 1 atom stereocenters. The summed E-state index contributed by atoms with van der Waals surface area (Å²) < 4.78 is 5.66. The molecule has 1 aliphatic rings. The van der Waals surface area contributed by atoms with E-state index in [9.17, 15) is 9.90 Å². The van der Waals surface area contributed by atoms with Crippen molar-refractivity contribution in [2.75, 3.05) is 6.61 Å². The number of carbonyl (C=O) groups is 1. The highest BCUT2D eigenvalue weighted by Crippen LogP contribution is 2.34. The van der Waals surface area contributed by atoms with Crippen molar-refractivity contribution in [3.63, 3.8) is 0 Å². The molecular formula is C24H34O3. The predicted octanol–water partition coefficient (Wildman–Crippen LogP) is 6.37. The van der Waals surface area contributed by atoms with Crippen LogP contribution in [0.5, 0.6) is 5.75 Å². The van der Waals surface area contributed by atoms with Crippen LogP contribution in [0, 0.1) is 11.8 Å². The van der Waals surface area contributed by atoms with Crippen LogP contribution in [0.15, 0.2) is 31.4 Å². The number of esters is 1. The van der Waals surface area contributed by atoms with Gasteiger partial charge in [0, 0.05) is 11.1 Å². The Balaban J connectivity index is 1.99. The fraction of sp³-hybridized carbons (Fsp3) is 0.542. The molecule has 0 aliphatic heterocycles. The molecule has 0 bridgehead atoms. The van der Waals surface area contributed by atoms with Crippen molar-refractivity contribution in [2.24, 2.45) is 11.8 Å². The summed E-state index contributed by atoms with van der Waals surface area (Å²) in [7, 11) is 0. The van der Waals surface area contributed by atoms with Gasteiger partial charge in [0.05, 0.1) is 12.2 Å². The average Bonchev–Trinajstić information content (AvgIpc) is 2.70. The first-order chi connectivity index (χ1) is 13.1. The van der Waals surface area contributed by atoms with Gasteiger partial charge in [-0.25, -0.2) is 4.79 Å². The summed E-state index contributed by atoms with van der Waals surface area (Å²) in [6.45, 7) is 10.2. The van der Waals surface area contributed by atoms with E-state index in [2.05, 4.69) is 20.1 Å². The smallest absolute Gasteiger partial charge is 0.338 e. The molecule has 0 spiro atoms. The molecule has 1 unspecified atom stereocenters. The van der Waals surface area contributed by atoms with E-state index >= 15 is 0 Å². The molecule has 27 heavy (non-hydrogen) atoms. The third kappa shape index (κ3) is 5.98. The van der Waals surface area contributed by atoms with Gasteiger partial charge in [0.15, 0.2) is 0 Å². The van der Waals surface area contributed by atoms with Crippen molar-refractivity contribution in [1.82, 2.24) is 0 Å². The van der Waals surface area contributed by atoms with Crippen LogP contribution in [0.2, 0.25) is 0 Å². The molecule has 1 aromatic carbocycles. The largest absolute Gasteiger partial charge is 0.507 e. The van der Waals surface area contributed by atoms with Gasteiger partial charge < -0.3 is 9.84 Å². The summed E-state index contributed by atoms with van der Waals surface area (Å²) in [4.78, 5) is 12.6. The number of rotatable bonds is 10. The highest BCUT2D eigenvalue weighted by atomic mass is 16.5. The van der Waals surface area contributed by atoms with E-state index in [0.717, 1.165) is 6.42 Å². The maximum absolute atomic E-state index is 12.6. The number of hydrogen-bond donors (Lipinski definition) is 1. The van der Waals surface area contributed by atoms with E-state index in [0.29, 0.717) is 29.6 Å². The number of para-hydroxylation sites is 1. The Hall–Kier alpha value is -2.03. The first-order valence-corrected chi connectivity index (χ1v) is 10.4. The molecule has 1 aromatic rings. The maximum atomic E-state index is 12.6. The Morgan fingerprint density at radius 3 is 2.70 bits per heavy atom. The second-order valence-electron chi connectivity index (χ2n) is 7.68. The standard InChI is InChI=1S/C24H34O3/c1-4-6-8-14-21(20-12-9-7-10-13-20)17-27-24(26)18(3)22-16-11-15-19(5-2)23(22)25/h5,11,15-16,20-21,25H,2-4,6-10,12-14,17H2,1H3. The van der Waals surface area contributed by atoms with Crippen LogP contribution < -0.4 is 0 Å². The lowest BCUT2D eigenvalue weighted by Crippen LogP contribution is -2.24. The zero-order chi connectivity index (χ0) is 19.6. The fourth-order valence-corrected chi connectivity index (χ4v) is 4.07. The summed E-state index contributed by atoms with van der Waals surface area (Å²) in [5.74, 6) is 0.680. The van der Waals surface area contributed by atoms with E-state index in [1.165, 1.54) is 51.4 Å². The zero-order valence-corrected chi connectivity index (χ0v) is 16.7. The molecule has 1 N–H and O–H groups in total. The number of ether oxygens (including phenoxy) is 1. The van der Waals surface area contributed by atoms with Gasteiger partial charge in [0.25, 0.3) is 0 Å². The fourth-order valence-electron chi connectivity index (χ4n) is 4.07. The van der Waals surface area contributed by atoms with E-state index in [-0.39, 0.29) is 11.3 Å². The van der Waals surface area contributed by atoms with Gasteiger partial charge in [-0.3, -0.25) is 0 Å². The summed E-state index contributed by atoms with van der Waals surface area (Å²) in [6.07, 6.45) is 12.7. The lowest BCUT2D eigenvalue weighted by atomic mass is 9.78. The predicted molar refractivity (Wildman–Crippen MR) is 112 cm³/mol. The van der Waals surface area contributed by atoms with Crippen molar-refractivity contribution in [2.45, 2.75) is 64.7 Å². The summed E-state index contributed by atoms with van der Waals surface area (Å²) in [6, 6.07) is 5.21.